The third-order valence-electron chi connectivity index (χ3n) is 2.85. The Bertz CT molecular complexity index is 622. The molecule has 96 valence electrons. The number of anilines is 1. The molecule has 0 atom stereocenters. The van der Waals surface area contributed by atoms with Gasteiger partial charge in [0, 0.05) is 11.1 Å². The molecule has 2 aromatic rings. The summed E-state index contributed by atoms with van der Waals surface area (Å²) in [6.07, 6.45) is 6.85. The lowest BCUT2D eigenvalue weighted by Crippen LogP contribution is -2.12. The van der Waals surface area contributed by atoms with E-state index < -0.39 is 10.0 Å². The maximum atomic E-state index is 12.0. The van der Waals surface area contributed by atoms with Gasteiger partial charge < -0.3 is 0 Å². The van der Waals surface area contributed by atoms with Crippen molar-refractivity contribution in [3.63, 3.8) is 0 Å². The number of thiazole rings is 1. The molecule has 1 aliphatic rings. The second-order valence-corrected chi connectivity index (χ2v) is 6.90. The summed E-state index contributed by atoms with van der Waals surface area (Å²) in [5, 5.41) is 6.57. The fraction of sp³-hybridized carbons (Fsp3) is 0.400. The summed E-state index contributed by atoms with van der Waals surface area (Å²) in [7, 11) is -3.57. The maximum Gasteiger partial charge on any atom is 0.266 e. The van der Waals surface area contributed by atoms with Gasteiger partial charge >= 0.3 is 0 Å². The maximum absolute atomic E-state index is 12.0. The van der Waals surface area contributed by atoms with Crippen LogP contribution < -0.4 is 4.72 Å². The predicted molar refractivity (Wildman–Crippen MR) is 68.2 cm³/mol. The van der Waals surface area contributed by atoms with Gasteiger partial charge in [0.1, 0.15) is 4.90 Å². The lowest BCUT2D eigenvalue weighted by molar-refractivity contribution is 0.601. The Morgan fingerprint density at radius 2 is 2.17 bits per heavy atom. The summed E-state index contributed by atoms with van der Waals surface area (Å²) in [6, 6.07) is 0. The van der Waals surface area contributed by atoms with Crippen LogP contribution in [0, 0.1) is 0 Å². The van der Waals surface area contributed by atoms with E-state index in [-0.39, 0.29) is 4.90 Å². The Kier molecular flexibility index (Phi) is 2.83. The zero-order chi connectivity index (χ0) is 12.6. The topological polar surface area (TPSA) is 87.7 Å². The van der Waals surface area contributed by atoms with Gasteiger partial charge in [-0.25, -0.2) is 13.4 Å². The highest BCUT2D eigenvalue weighted by Crippen LogP contribution is 2.30. The van der Waals surface area contributed by atoms with Crippen molar-refractivity contribution in [1.29, 1.82) is 0 Å². The van der Waals surface area contributed by atoms with E-state index in [4.69, 9.17) is 0 Å². The van der Waals surface area contributed by atoms with Crippen LogP contribution in [-0.2, 0) is 22.9 Å². The highest BCUT2D eigenvalue weighted by Gasteiger charge is 2.20. The molecule has 2 aromatic heterocycles. The van der Waals surface area contributed by atoms with Crippen molar-refractivity contribution in [3.8, 4) is 0 Å². The van der Waals surface area contributed by atoms with Crippen LogP contribution in [0.1, 0.15) is 23.4 Å². The molecule has 6 nitrogen and oxygen atoms in total. The van der Waals surface area contributed by atoms with Crippen molar-refractivity contribution in [2.45, 2.75) is 30.6 Å². The molecule has 0 radical (unpaired) electrons. The van der Waals surface area contributed by atoms with Gasteiger partial charge in [-0.05, 0) is 25.7 Å². The largest absolute Gasteiger partial charge is 0.284 e. The first kappa shape index (κ1) is 11.7. The Morgan fingerprint density at radius 3 is 2.89 bits per heavy atom. The van der Waals surface area contributed by atoms with Gasteiger partial charge in [-0.3, -0.25) is 9.82 Å². The van der Waals surface area contributed by atoms with Crippen LogP contribution in [-0.4, -0.2) is 23.6 Å². The minimum atomic E-state index is -3.57. The second-order valence-electron chi connectivity index (χ2n) is 4.14. The third kappa shape index (κ3) is 2.13. The molecular weight excluding hydrogens is 272 g/mol. The normalized spacial score (nSPS) is 15.3. The Balaban J connectivity index is 1.87. The number of sulfonamides is 1. The Morgan fingerprint density at radius 1 is 1.33 bits per heavy atom. The molecule has 0 saturated heterocycles. The number of hydrogen-bond acceptors (Lipinski definition) is 5. The van der Waals surface area contributed by atoms with Crippen molar-refractivity contribution < 1.29 is 8.42 Å². The molecule has 0 fully saturated rings. The summed E-state index contributed by atoms with van der Waals surface area (Å²) in [5.74, 6) is 0. The van der Waals surface area contributed by atoms with E-state index in [9.17, 15) is 8.42 Å². The molecule has 18 heavy (non-hydrogen) atoms. The van der Waals surface area contributed by atoms with Crippen molar-refractivity contribution in [1.82, 2.24) is 15.2 Å². The average molecular weight is 284 g/mol. The van der Waals surface area contributed by atoms with Crippen molar-refractivity contribution in [3.05, 3.63) is 23.0 Å². The van der Waals surface area contributed by atoms with Crippen LogP contribution >= 0.6 is 11.3 Å². The number of aromatic amines is 1. The van der Waals surface area contributed by atoms with Crippen molar-refractivity contribution in [2.75, 3.05) is 4.72 Å². The van der Waals surface area contributed by atoms with Gasteiger partial charge in [-0.1, -0.05) is 0 Å². The van der Waals surface area contributed by atoms with Gasteiger partial charge in [0.25, 0.3) is 10.0 Å². The van der Waals surface area contributed by atoms with Gasteiger partial charge in [0.15, 0.2) is 5.13 Å². The van der Waals surface area contributed by atoms with Crippen LogP contribution in [0.5, 0.6) is 0 Å². The first-order valence-electron chi connectivity index (χ1n) is 5.65. The molecular formula is C10H12N4O2S2. The zero-order valence-electron chi connectivity index (χ0n) is 9.51. The molecule has 0 aromatic carbocycles. The molecule has 0 bridgehead atoms. The number of aryl methyl sites for hydroxylation is 2. The van der Waals surface area contributed by atoms with Crippen molar-refractivity contribution >= 4 is 26.5 Å². The van der Waals surface area contributed by atoms with E-state index in [1.54, 1.807) is 0 Å². The van der Waals surface area contributed by atoms with E-state index in [1.807, 2.05) is 0 Å². The van der Waals surface area contributed by atoms with Crippen LogP contribution in [0.15, 0.2) is 17.3 Å². The summed E-state index contributed by atoms with van der Waals surface area (Å²) in [4.78, 5) is 5.66. The average Bonchev–Trinajstić information content (AvgIpc) is 2.96. The lowest BCUT2D eigenvalue weighted by Gasteiger charge is -2.06. The highest BCUT2D eigenvalue weighted by molar-refractivity contribution is 7.93. The number of H-pyrrole nitrogens is 1. The van der Waals surface area contributed by atoms with Gasteiger partial charge in [0.05, 0.1) is 11.9 Å². The number of nitrogens with one attached hydrogen (secondary N) is 2. The van der Waals surface area contributed by atoms with E-state index in [1.165, 1.54) is 28.6 Å². The smallest absolute Gasteiger partial charge is 0.266 e. The number of nitrogens with zero attached hydrogens (tertiary/aromatic N) is 2. The Hall–Kier alpha value is -1.41. The number of rotatable bonds is 3. The molecule has 1 aliphatic carbocycles. The third-order valence-corrected chi connectivity index (χ3v) is 5.36. The summed E-state index contributed by atoms with van der Waals surface area (Å²) in [5.41, 5.74) is 1.04. The van der Waals surface area contributed by atoms with E-state index in [0.717, 1.165) is 31.4 Å². The van der Waals surface area contributed by atoms with Crippen molar-refractivity contribution in [2.24, 2.45) is 0 Å². The predicted octanol–water partition coefficient (Wildman–Crippen LogP) is 1.55. The lowest BCUT2D eigenvalue weighted by atomic mass is 10.0. The molecule has 0 saturated carbocycles. The minimum absolute atomic E-state index is 0.121. The van der Waals surface area contributed by atoms with Gasteiger partial charge in [-0.2, -0.15) is 5.10 Å². The number of fused-ring (bicyclic) bond motifs is 1. The minimum Gasteiger partial charge on any atom is -0.284 e. The monoisotopic (exact) mass is 284 g/mol. The summed E-state index contributed by atoms with van der Waals surface area (Å²) < 4.78 is 26.4. The molecule has 2 heterocycles. The first-order chi connectivity index (χ1) is 8.65. The first-order valence-corrected chi connectivity index (χ1v) is 7.95. The molecule has 0 unspecified atom stereocenters. The molecule has 3 rings (SSSR count). The molecule has 2 N–H and O–H groups in total. The van der Waals surface area contributed by atoms with Crippen LogP contribution in [0.3, 0.4) is 0 Å². The fourth-order valence-corrected chi connectivity index (χ4v) is 4.15. The molecule has 0 aliphatic heterocycles. The van der Waals surface area contributed by atoms with E-state index in [0.29, 0.717) is 5.13 Å². The zero-order valence-corrected chi connectivity index (χ0v) is 11.1. The van der Waals surface area contributed by atoms with E-state index >= 15 is 0 Å². The molecule has 0 spiro atoms. The van der Waals surface area contributed by atoms with Crippen LogP contribution in [0.4, 0.5) is 5.13 Å². The summed E-state index contributed by atoms with van der Waals surface area (Å²) >= 11 is 1.43. The van der Waals surface area contributed by atoms with Gasteiger partial charge in [-0.15, -0.1) is 11.3 Å². The molecule has 0 amide bonds. The quantitative estimate of drug-likeness (QED) is 0.895. The SMILES string of the molecule is O=S(=O)(Nc1nc2c(s1)CCCC2)c1cn[nH]c1. The van der Waals surface area contributed by atoms with Crippen LogP contribution in [0.25, 0.3) is 0 Å². The molecule has 8 heteroatoms. The second kappa shape index (κ2) is 4.36. The highest BCUT2D eigenvalue weighted by atomic mass is 32.2. The van der Waals surface area contributed by atoms with Crippen LogP contribution in [0.2, 0.25) is 0 Å². The van der Waals surface area contributed by atoms with E-state index in [2.05, 4.69) is 19.9 Å². The number of aromatic nitrogens is 3. The standard InChI is InChI=1S/C10H12N4O2S2/c15-18(16,7-5-11-12-6-7)14-10-13-8-3-1-2-4-9(8)17-10/h5-6H,1-4H2,(H,11,12)(H,13,14). The summed E-state index contributed by atoms with van der Waals surface area (Å²) in [6.45, 7) is 0. The fourth-order valence-electron chi connectivity index (χ4n) is 1.96. The number of hydrogen-bond donors (Lipinski definition) is 2. The Labute approximate surface area is 109 Å². The van der Waals surface area contributed by atoms with Gasteiger partial charge in [0.2, 0.25) is 0 Å².